The summed E-state index contributed by atoms with van der Waals surface area (Å²) in [4.78, 5) is 6.30. The molecule has 1 aromatic carbocycles. The molecule has 2 rings (SSSR count). The number of halogens is 7. The number of hydrogen-bond donors (Lipinski definition) is 1. The van der Waals surface area contributed by atoms with Gasteiger partial charge in [-0.2, -0.15) is 13.2 Å². The maximum atomic E-state index is 13.1. The second-order valence-corrected chi connectivity index (χ2v) is 6.44. The third kappa shape index (κ3) is 2.57. The van der Waals surface area contributed by atoms with E-state index in [9.17, 15) is 13.2 Å². The maximum Gasteiger partial charge on any atom is 0.418 e. The van der Waals surface area contributed by atoms with Crippen LogP contribution in [0.5, 0.6) is 0 Å². The van der Waals surface area contributed by atoms with Gasteiger partial charge in [0, 0.05) is 5.56 Å². The minimum absolute atomic E-state index is 0.132. The number of benzene rings is 1. The molecule has 0 aliphatic heterocycles. The molecule has 0 atom stereocenters. The second-order valence-electron chi connectivity index (χ2n) is 3.41. The third-order valence-corrected chi connectivity index (χ3v) is 3.21. The highest BCUT2D eigenvalue weighted by molar-refractivity contribution is 9.10. The van der Waals surface area contributed by atoms with E-state index in [0.717, 1.165) is 6.07 Å². The number of fused-ring (bicyclic) bond motifs is 1. The van der Waals surface area contributed by atoms with E-state index in [4.69, 9.17) is 34.8 Å². The predicted molar refractivity (Wildman–Crippen MR) is 68.0 cm³/mol. The van der Waals surface area contributed by atoms with Crippen LogP contribution in [0.4, 0.5) is 13.2 Å². The van der Waals surface area contributed by atoms with Gasteiger partial charge in [-0.15, -0.1) is 0 Å². The molecule has 0 saturated heterocycles. The van der Waals surface area contributed by atoms with Crippen LogP contribution in [0.3, 0.4) is 0 Å². The van der Waals surface area contributed by atoms with Gasteiger partial charge in [-0.1, -0.05) is 40.9 Å². The molecule has 0 radical (unpaired) electrons. The zero-order valence-corrected chi connectivity index (χ0v) is 12.1. The number of imidazole rings is 1. The van der Waals surface area contributed by atoms with Gasteiger partial charge in [0.2, 0.25) is 3.79 Å². The first-order valence-electron chi connectivity index (χ1n) is 4.43. The van der Waals surface area contributed by atoms with Crippen LogP contribution in [0.15, 0.2) is 16.9 Å². The fourth-order valence-corrected chi connectivity index (χ4v) is 2.44. The van der Waals surface area contributed by atoms with E-state index >= 15 is 0 Å². The molecule has 0 aliphatic carbocycles. The number of hydrogen-bond acceptors (Lipinski definition) is 1. The monoisotopic (exact) mass is 380 g/mol. The molecule has 1 N–H and O–H groups in total. The van der Waals surface area contributed by atoms with E-state index in [1.165, 1.54) is 6.07 Å². The smallest absolute Gasteiger partial charge is 0.332 e. The van der Waals surface area contributed by atoms with E-state index in [-0.39, 0.29) is 15.8 Å². The van der Waals surface area contributed by atoms with Crippen molar-refractivity contribution >= 4 is 61.8 Å². The van der Waals surface area contributed by atoms with E-state index < -0.39 is 21.1 Å². The molecular formula is C9H3BrCl3F3N2. The molecule has 98 valence electrons. The Balaban J connectivity index is 2.88. The Labute approximate surface area is 123 Å². The summed E-state index contributed by atoms with van der Waals surface area (Å²) in [5.74, 6) is 0. The van der Waals surface area contributed by atoms with Gasteiger partial charge in [0.1, 0.15) is 0 Å². The van der Waals surface area contributed by atoms with Crippen molar-refractivity contribution in [3.63, 3.8) is 0 Å². The van der Waals surface area contributed by atoms with Gasteiger partial charge in [0.15, 0.2) is 4.73 Å². The molecule has 0 fully saturated rings. The van der Waals surface area contributed by atoms with Gasteiger partial charge in [0.25, 0.3) is 0 Å². The minimum Gasteiger partial charge on any atom is -0.332 e. The first-order chi connectivity index (χ1) is 8.10. The normalized spacial score (nSPS) is 13.3. The number of aromatic nitrogens is 2. The lowest BCUT2D eigenvalue weighted by atomic mass is 10.1. The molecule has 9 heteroatoms. The fraction of sp³-hybridized carbons (Fsp3) is 0.222. The Bertz CT molecular complexity index is 603. The van der Waals surface area contributed by atoms with Crippen molar-refractivity contribution in [3.05, 3.63) is 28.0 Å². The van der Waals surface area contributed by atoms with E-state index in [1.54, 1.807) is 0 Å². The van der Waals surface area contributed by atoms with Gasteiger partial charge in [-0.25, -0.2) is 4.98 Å². The van der Waals surface area contributed by atoms with Crippen molar-refractivity contribution < 1.29 is 13.2 Å². The molecule has 0 unspecified atom stereocenters. The van der Waals surface area contributed by atoms with Crippen molar-refractivity contribution in [2.75, 3.05) is 0 Å². The summed E-state index contributed by atoms with van der Waals surface area (Å²) in [7, 11) is 0. The van der Waals surface area contributed by atoms with Gasteiger partial charge < -0.3 is 4.98 Å². The quantitative estimate of drug-likeness (QED) is 0.626. The van der Waals surface area contributed by atoms with Gasteiger partial charge >= 0.3 is 6.18 Å². The number of rotatable bonds is 0. The predicted octanol–water partition coefficient (Wildman–Crippen LogP) is 5.17. The molecule has 0 spiro atoms. The van der Waals surface area contributed by atoms with Crippen LogP contribution in [-0.2, 0) is 9.97 Å². The van der Waals surface area contributed by atoms with Crippen LogP contribution < -0.4 is 0 Å². The van der Waals surface area contributed by atoms with Gasteiger partial charge in [-0.05, 0) is 22.0 Å². The summed E-state index contributed by atoms with van der Waals surface area (Å²) in [6, 6.07) is 2.45. The summed E-state index contributed by atoms with van der Waals surface area (Å²) in [6.45, 7) is 0. The molecule has 2 aromatic rings. The van der Waals surface area contributed by atoms with Crippen molar-refractivity contribution in [2.24, 2.45) is 0 Å². The lowest BCUT2D eigenvalue weighted by Gasteiger charge is -2.18. The molecule has 0 amide bonds. The highest BCUT2D eigenvalue weighted by atomic mass is 79.9. The summed E-state index contributed by atoms with van der Waals surface area (Å²) in [5.41, 5.74) is -1.56. The molecule has 2 nitrogen and oxygen atoms in total. The molecular weight excluding hydrogens is 379 g/mol. The number of nitrogens with one attached hydrogen (secondary N) is 1. The number of aromatic amines is 1. The highest BCUT2D eigenvalue weighted by Gasteiger charge is 2.41. The Morgan fingerprint density at radius 2 is 1.78 bits per heavy atom. The van der Waals surface area contributed by atoms with E-state index in [2.05, 4.69) is 25.9 Å². The van der Waals surface area contributed by atoms with Crippen LogP contribution in [0.1, 0.15) is 11.1 Å². The maximum absolute atomic E-state index is 13.1. The second kappa shape index (κ2) is 4.44. The Kier molecular flexibility index (Phi) is 3.51. The summed E-state index contributed by atoms with van der Waals surface area (Å²) < 4.78 is 37.2. The highest BCUT2D eigenvalue weighted by Crippen LogP contribution is 2.47. The zero-order chi connectivity index (χ0) is 13.7. The lowest BCUT2D eigenvalue weighted by molar-refractivity contribution is -0.137. The topological polar surface area (TPSA) is 28.7 Å². The van der Waals surface area contributed by atoms with E-state index in [0.29, 0.717) is 0 Å². The van der Waals surface area contributed by atoms with E-state index in [1.807, 2.05) is 0 Å². The lowest BCUT2D eigenvalue weighted by Crippen LogP contribution is -2.15. The fourth-order valence-electron chi connectivity index (χ4n) is 1.58. The standard InChI is InChI=1S/C9H3BrCl3F3N2/c10-7-17-4-2-1-3(8(11,12)13)5(6(4)18-7)9(14,15)16/h1-2H,(H,17,18). The molecule has 1 heterocycles. The van der Waals surface area contributed by atoms with Crippen molar-refractivity contribution in [3.8, 4) is 0 Å². The first-order valence-corrected chi connectivity index (χ1v) is 6.36. The molecule has 0 aliphatic rings. The molecule has 0 saturated carbocycles. The average Bonchev–Trinajstić information content (AvgIpc) is 2.52. The number of H-pyrrole nitrogens is 1. The summed E-state index contributed by atoms with van der Waals surface area (Å²) >= 11 is 19.7. The first kappa shape index (κ1) is 14.2. The van der Waals surface area contributed by atoms with Crippen molar-refractivity contribution in [2.45, 2.75) is 9.97 Å². The number of nitrogens with zero attached hydrogens (tertiary/aromatic N) is 1. The molecule has 18 heavy (non-hydrogen) atoms. The zero-order valence-electron chi connectivity index (χ0n) is 8.25. The van der Waals surface area contributed by atoms with Crippen LogP contribution in [-0.4, -0.2) is 9.97 Å². The SMILES string of the molecule is FC(F)(F)c1c(C(Cl)(Cl)Cl)ccc2nc(Br)[nH]c12. The van der Waals surface area contributed by atoms with Crippen molar-refractivity contribution in [1.82, 2.24) is 9.97 Å². The van der Waals surface area contributed by atoms with Crippen LogP contribution in [0.2, 0.25) is 0 Å². The van der Waals surface area contributed by atoms with Crippen LogP contribution >= 0.6 is 50.7 Å². The summed E-state index contributed by atoms with van der Waals surface area (Å²) in [5, 5.41) is 0. The Morgan fingerprint density at radius 3 is 2.28 bits per heavy atom. The van der Waals surface area contributed by atoms with Crippen LogP contribution in [0.25, 0.3) is 11.0 Å². The van der Waals surface area contributed by atoms with Gasteiger partial charge in [0.05, 0.1) is 16.6 Å². The third-order valence-electron chi connectivity index (χ3n) is 2.22. The van der Waals surface area contributed by atoms with Crippen LogP contribution in [0, 0.1) is 0 Å². The van der Waals surface area contributed by atoms with Crippen molar-refractivity contribution in [1.29, 1.82) is 0 Å². The number of alkyl halides is 6. The molecule has 0 bridgehead atoms. The van der Waals surface area contributed by atoms with Gasteiger partial charge in [-0.3, -0.25) is 0 Å². The average molecular weight is 382 g/mol. The molecule has 1 aromatic heterocycles. The minimum atomic E-state index is -4.66. The summed E-state index contributed by atoms with van der Waals surface area (Å²) in [6.07, 6.45) is -4.66. The Hall–Kier alpha value is -0.170. The largest absolute Gasteiger partial charge is 0.418 e. The Morgan fingerprint density at radius 1 is 1.17 bits per heavy atom.